The van der Waals surface area contributed by atoms with Crippen LogP contribution in [-0.2, 0) is 9.53 Å². The van der Waals surface area contributed by atoms with Crippen LogP contribution in [0.3, 0.4) is 0 Å². The van der Waals surface area contributed by atoms with Crippen molar-refractivity contribution in [3.63, 3.8) is 0 Å². The molecular formula is C35H39ClN2O4. The molecule has 1 unspecified atom stereocenters. The van der Waals surface area contributed by atoms with E-state index in [0.717, 1.165) is 48.3 Å². The Labute approximate surface area is 253 Å². The van der Waals surface area contributed by atoms with Gasteiger partial charge < -0.3 is 15.0 Å². The molecule has 7 heteroatoms. The van der Waals surface area contributed by atoms with Crippen molar-refractivity contribution >= 4 is 29.4 Å². The Hall–Kier alpha value is -3.64. The van der Waals surface area contributed by atoms with Crippen LogP contribution in [0.25, 0.3) is 11.1 Å². The third kappa shape index (κ3) is 6.54. The van der Waals surface area contributed by atoms with Crippen LogP contribution in [0.4, 0.5) is 0 Å². The first-order valence-electron chi connectivity index (χ1n) is 14.8. The summed E-state index contributed by atoms with van der Waals surface area (Å²) in [6.07, 6.45) is 4.43. The van der Waals surface area contributed by atoms with Crippen LogP contribution in [0.5, 0.6) is 0 Å². The molecule has 6 nitrogen and oxygen atoms in total. The second kappa shape index (κ2) is 12.7. The summed E-state index contributed by atoms with van der Waals surface area (Å²) in [5, 5.41) is 3.94. The quantitative estimate of drug-likeness (QED) is 0.312. The summed E-state index contributed by atoms with van der Waals surface area (Å²) in [5.41, 5.74) is 3.81. The van der Waals surface area contributed by atoms with Gasteiger partial charge in [0, 0.05) is 29.7 Å². The summed E-state index contributed by atoms with van der Waals surface area (Å²) >= 11 is 6.12. The number of piperidine rings is 1. The molecule has 5 rings (SSSR count). The summed E-state index contributed by atoms with van der Waals surface area (Å²) < 4.78 is 4.85. The van der Waals surface area contributed by atoms with Crippen LogP contribution >= 0.6 is 11.6 Å². The van der Waals surface area contributed by atoms with Crippen LogP contribution in [0.2, 0.25) is 5.02 Å². The van der Waals surface area contributed by atoms with Gasteiger partial charge in [-0.2, -0.15) is 0 Å². The Morgan fingerprint density at radius 3 is 2.19 bits per heavy atom. The highest BCUT2D eigenvalue weighted by molar-refractivity contribution is 6.30. The number of nitrogens with one attached hydrogen (secondary N) is 1. The Bertz CT molecular complexity index is 1450. The second-order valence-corrected chi connectivity index (χ2v) is 12.7. The van der Waals surface area contributed by atoms with Gasteiger partial charge in [-0.15, -0.1) is 0 Å². The summed E-state index contributed by atoms with van der Waals surface area (Å²) in [4.78, 5) is 41.4. The molecule has 3 atom stereocenters. The van der Waals surface area contributed by atoms with Crippen molar-refractivity contribution in [2.24, 2.45) is 11.3 Å². The minimum atomic E-state index is -0.406. The number of hydrogen-bond donors (Lipinski definition) is 1. The van der Waals surface area contributed by atoms with Crippen LogP contribution < -0.4 is 5.32 Å². The maximum Gasteiger partial charge on any atom is 0.337 e. The number of halogens is 1. The monoisotopic (exact) mass is 586 g/mol. The molecule has 0 radical (unpaired) electrons. The molecule has 0 aromatic heterocycles. The van der Waals surface area contributed by atoms with Gasteiger partial charge in [0.15, 0.2) is 0 Å². The molecule has 0 bridgehead atoms. The molecule has 42 heavy (non-hydrogen) atoms. The predicted octanol–water partition coefficient (Wildman–Crippen LogP) is 7.12. The molecule has 0 spiro atoms. The molecule has 3 aromatic carbocycles. The summed E-state index contributed by atoms with van der Waals surface area (Å²) in [7, 11) is 1.35. The highest BCUT2D eigenvalue weighted by Gasteiger charge is 2.42. The van der Waals surface area contributed by atoms with Crippen molar-refractivity contribution in [2.75, 3.05) is 20.2 Å². The molecule has 1 N–H and O–H groups in total. The van der Waals surface area contributed by atoms with Gasteiger partial charge in [-0.05, 0) is 83.7 Å². The minimum absolute atomic E-state index is 0.0826. The molecule has 2 aliphatic rings. The minimum Gasteiger partial charge on any atom is -0.465 e. The smallest absolute Gasteiger partial charge is 0.337 e. The van der Waals surface area contributed by atoms with E-state index in [9.17, 15) is 14.4 Å². The van der Waals surface area contributed by atoms with Crippen molar-refractivity contribution in [2.45, 2.75) is 57.9 Å². The van der Waals surface area contributed by atoms with Crippen molar-refractivity contribution in [1.82, 2.24) is 10.2 Å². The van der Waals surface area contributed by atoms with E-state index in [4.69, 9.17) is 16.3 Å². The lowest BCUT2D eigenvalue weighted by atomic mass is 9.70. The molecular weight excluding hydrogens is 548 g/mol. The number of amides is 2. The van der Waals surface area contributed by atoms with Crippen LogP contribution in [0.1, 0.15) is 78.1 Å². The fourth-order valence-corrected chi connectivity index (χ4v) is 6.85. The maximum absolute atomic E-state index is 13.9. The average Bonchev–Trinajstić information content (AvgIpc) is 3.01. The lowest BCUT2D eigenvalue weighted by molar-refractivity contribution is -0.141. The summed E-state index contributed by atoms with van der Waals surface area (Å²) in [6.45, 7) is 5.86. The molecule has 1 saturated carbocycles. The topological polar surface area (TPSA) is 75.7 Å². The first-order valence-corrected chi connectivity index (χ1v) is 15.2. The molecule has 3 aromatic rings. The van der Waals surface area contributed by atoms with Crippen LogP contribution in [0, 0.1) is 11.3 Å². The lowest BCUT2D eigenvalue weighted by Gasteiger charge is -2.46. The van der Waals surface area contributed by atoms with E-state index in [1.165, 1.54) is 12.7 Å². The number of methoxy groups -OCH3 is 1. The van der Waals surface area contributed by atoms with Crippen LogP contribution in [-0.4, -0.2) is 48.9 Å². The molecule has 1 heterocycles. The van der Waals surface area contributed by atoms with Crippen molar-refractivity contribution in [3.05, 3.63) is 94.5 Å². The SMILES string of the molecule is COC(=O)c1cccc(-c2cccc(C(=O)N[C@@H]3CCCC[C@@H]3C(=O)N3CCC(c4ccc(Cl)cc4)C(C)(C)C3)c2)c1. The zero-order chi connectivity index (χ0) is 29.9. The first kappa shape index (κ1) is 29.8. The van der Waals surface area contributed by atoms with E-state index < -0.39 is 5.97 Å². The zero-order valence-corrected chi connectivity index (χ0v) is 25.3. The number of hydrogen-bond acceptors (Lipinski definition) is 4. The van der Waals surface area contributed by atoms with Gasteiger partial charge >= 0.3 is 5.97 Å². The number of rotatable bonds is 6. The fraction of sp³-hybridized carbons (Fsp3) is 0.400. The van der Waals surface area contributed by atoms with Gasteiger partial charge in [-0.3, -0.25) is 9.59 Å². The predicted molar refractivity (Wildman–Crippen MR) is 166 cm³/mol. The molecule has 1 saturated heterocycles. The number of nitrogens with zero attached hydrogens (tertiary/aromatic N) is 1. The lowest BCUT2D eigenvalue weighted by Crippen LogP contribution is -2.54. The van der Waals surface area contributed by atoms with Gasteiger partial charge in [0.2, 0.25) is 5.91 Å². The first-order chi connectivity index (χ1) is 20.2. The van der Waals surface area contributed by atoms with Crippen molar-refractivity contribution in [3.8, 4) is 11.1 Å². The summed E-state index contributed by atoms with van der Waals surface area (Å²) in [5.74, 6) is -0.327. The molecule has 220 valence electrons. The van der Waals surface area contributed by atoms with Crippen LogP contribution in [0.15, 0.2) is 72.8 Å². The van der Waals surface area contributed by atoms with E-state index in [0.29, 0.717) is 30.1 Å². The third-order valence-corrected chi connectivity index (χ3v) is 9.21. The molecule has 1 aliphatic heterocycles. The Morgan fingerprint density at radius 2 is 1.52 bits per heavy atom. The highest BCUT2D eigenvalue weighted by Crippen LogP contribution is 2.43. The fourth-order valence-electron chi connectivity index (χ4n) is 6.73. The van der Waals surface area contributed by atoms with Gasteiger partial charge in [-0.25, -0.2) is 4.79 Å². The van der Waals surface area contributed by atoms with Crippen molar-refractivity contribution in [1.29, 1.82) is 0 Å². The standard InChI is InChI=1S/C35H39ClN2O4/c1-35(2)22-38(19-18-30(35)23-14-16-28(36)17-15-23)33(40)29-12-4-5-13-31(29)37-32(39)26-10-6-8-24(20-26)25-9-7-11-27(21-25)34(41)42-3/h6-11,14-17,20-21,29-31H,4-5,12-13,18-19,22H2,1-3H3,(H,37,39)/t29-,30?,31+/m0/s1. The maximum atomic E-state index is 13.9. The number of carbonyl (C=O) groups excluding carboxylic acids is 3. The number of benzene rings is 3. The second-order valence-electron chi connectivity index (χ2n) is 12.3. The number of esters is 1. The Morgan fingerprint density at radius 1 is 0.881 bits per heavy atom. The normalized spacial score (nSPS) is 21.8. The molecule has 1 aliphatic carbocycles. The third-order valence-electron chi connectivity index (χ3n) is 8.95. The number of ether oxygens (including phenoxy) is 1. The van der Waals surface area contributed by atoms with E-state index in [-0.39, 0.29) is 29.2 Å². The Kier molecular flexibility index (Phi) is 9.02. The Balaban J connectivity index is 1.27. The number of carbonyl (C=O) groups is 3. The van der Waals surface area contributed by atoms with Gasteiger partial charge in [0.1, 0.15) is 0 Å². The van der Waals surface area contributed by atoms with Crippen molar-refractivity contribution < 1.29 is 19.1 Å². The zero-order valence-electron chi connectivity index (χ0n) is 24.6. The number of likely N-dealkylation sites (tertiary alicyclic amines) is 1. The van der Waals surface area contributed by atoms with Gasteiger partial charge in [-0.1, -0.05) is 74.7 Å². The van der Waals surface area contributed by atoms with E-state index >= 15 is 0 Å². The highest BCUT2D eigenvalue weighted by atomic mass is 35.5. The van der Waals surface area contributed by atoms with E-state index in [1.54, 1.807) is 24.3 Å². The largest absolute Gasteiger partial charge is 0.465 e. The van der Waals surface area contributed by atoms with E-state index in [2.05, 4.69) is 31.3 Å². The molecule has 2 fully saturated rings. The van der Waals surface area contributed by atoms with Gasteiger partial charge in [0.05, 0.1) is 18.6 Å². The van der Waals surface area contributed by atoms with Gasteiger partial charge in [0.25, 0.3) is 5.91 Å². The average molecular weight is 587 g/mol. The van der Waals surface area contributed by atoms with E-state index in [1.807, 2.05) is 41.3 Å². The molecule has 2 amide bonds. The summed E-state index contributed by atoms with van der Waals surface area (Å²) in [6, 6.07) is 22.4.